The van der Waals surface area contributed by atoms with E-state index in [1.165, 1.54) is 7.11 Å². The molecular formula is C12H16BrNO2. The molecule has 3 nitrogen and oxygen atoms in total. The Balaban J connectivity index is 3.05. The van der Waals surface area contributed by atoms with Gasteiger partial charge >= 0.3 is 0 Å². The summed E-state index contributed by atoms with van der Waals surface area (Å²) in [6, 6.07) is 3.28. The number of benzene rings is 1. The van der Waals surface area contributed by atoms with Crippen LogP contribution in [-0.4, -0.2) is 12.2 Å². The van der Waals surface area contributed by atoms with E-state index < -0.39 is 0 Å². The third-order valence-electron chi connectivity index (χ3n) is 2.40. The van der Waals surface area contributed by atoms with Gasteiger partial charge in [-0.3, -0.25) is 0 Å². The van der Waals surface area contributed by atoms with Crippen LogP contribution in [0, 0.1) is 0 Å². The third kappa shape index (κ3) is 2.77. The van der Waals surface area contributed by atoms with Gasteiger partial charge in [0.25, 0.3) is 0 Å². The fraction of sp³-hybridized carbons (Fsp3) is 0.333. The number of halogens is 1. The van der Waals surface area contributed by atoms with Gasteiger partial charge in [0.2, 0.25) is 0 Å². The first-order chi connectivity index (χ1) is 7.61. The molecular weight excluding hydrogens is 270 g/mol. The van der Waals surface area contributed by atoms with Crippen molar-refractivity contribution in [1.82, 2.24) is 0 Å². The molecule has 0 aliphatic heterocycles. The van der Waals surface area contributed by atoms with Crippen molar-refractivity contribution in [3.05, 3.63) is 34.8 Å². The van der Waals surface area contributed by atoms with E-state index in [-0.39, 0.29) is 11.8 Å². The zero-order valence-electron chi connectivity index (χ0n) is 9.24. The molecule has 0 bridgehead atoms. The summed E-state index contributed by atoms with van der Waals surface area (Å²) in [6.07, 6.45) is 3.36. The summed E-state index contributed by atoms with van der Waals surface area (Å²) in [5.41, 5.74) is 6.69. The minimum atomic E-state index is -0.234. The molecule has 1 atom stereocenters. The first-order valence-electron chi connectivity index (χ1n) is 5.03. The van der Waals surface area contributed by atoms with Gasteiger partial charge in [0, 0.05) is 16.1 Å². The largest absolute Gasteiger partial charge is 0.504 e. The first-order valence-corrected chi connectivity index (χ1v) is 5.83. The van der Waals surface area contributed by atoms with Crippen molar-refractivity contribution >= 4 is 15.9 Å². The number of hydrogen-bond acceptors (Lipinski definition) is 3. The van der Waals surface area contributed by atoms with Gasteiger partial charge in [-0.1, -0.05) is 22.0 Å². The molecule has 0 aliphatic carbocycles. The molecule has 1 rings (SSSR count). The minimum Gasteiger partial charge on any atom is -0.504 e. The van der Waals surface area contributed by atoms with Gasteiger partial charge in [-0.05, 0) is 25.0 Å². The van der Waals surface area contributed by atoms with E-state index in [0.717, 1.165) is 17.3 Å². The maximum absolute atomic E-state index is 9.98. The van der Waals surface area contributed by atoms with E-state index in [2.05, 4.69) is 22.5 Å². The molecule has 0 heterocycles. The van der Waals surface area contributed by atoms with Crippen LogP contribution in [0.1, 0.15) is 24.4 Å². The number of aromatic hydroxyl groups is 1. The highest BCUT2D eigenvalue weighted by Gasteiger charge is 2.17. The average Bonchev–Trinajstić information content (AvgIpc) is 2.26. The number of allylic oxidation sites excluding steroid dienone is 1. The smallest absolute Gasteiger partial charge is 0.163 e. The average molecular weight is 286 g/mol. The van der Waals surface area contributed by atoms with Gasteiger partial charge in [0.05, 0.1) is 7.11 Å². The van der Waals surface area contributed by atoms with Gasteiger partial charge < -0.3 is 15.6 Å². The van der Waals surface area contributed by atoms with Crippen molar-refractivity contribution in [2.75, 3.05) is 7.11 Å². The quantitative estimate of drug-likeness (QED) is 0.818. The van der Waals surface area contributed by atoms with Crippen LogP contribution in [0.5, 0.6) is 11.5 Å². The number of phenolic OH excluding ortho intramolecular Hbond substituents is 1. The van der Waals surface area contributed by atoms with Gasteiger partial charge in [-0.15, -0.1) is 6.58 Å². The van der Waals surface area contributed by atoms with E-state index in [0.29, 0.717) is 11.3 Å². The van der Waals surface area contributed by atoms with Crippen LogP contribution in [-0.2, 0) is 0 Å². The highest BCUT2D eigenvalue weighted by atomic mass is 79.9. The Bertz CT molecular complexity index is 380. The molecule has 0 unspecified atom stereocenters. The monoisotopic (exact) mass is 285 g/mol. The van der Waals surface area contributed by atoms with E-state index in [4.69, 9.17) is 10.5 Å². The van der Waals surface area contributed by atoms with Gasteiger partial charge in [-0.25, -0.2) is 0 Å². The summed E-state index contributed by atoms with van der Waals surface area (Å²) in [6.45, 7) is 3.65. The Morgan fingerprint density at radius 1 is 1.62 bits per heavy atom. The van der Waals surface area contributed by atoms with Crippen LogP contribution >= 0.6 is 15.9 Å². The van der Waals surface area contributed by atoms with Crippen molar-refractivity contribution in [2.24, 2.45) is 5.73 Å². The van der Waals surface area contributed by atoms with E-state index >= 15 is 0 Å². The van der Waals surface area contributed by atoms with Gasteiger partial charge in [0.15, 0.2) is 11.5 Å². The first kappa shape index (κ1) is 13.1. The number of nitrogens with two attached hydrogens (primary N) is 1. The second-order valence-electron chi connectivity index (χ2n) is 3.48. The zero-order chi connectivity index (χ0) is 12.1. The van der Waals surface area contributed by atoms with Crippen LogP contribution in [0.15, 0.2) is 29.3 Å². The van der Waals surface area contributed by atoms with Crippen LogP contribution in [0.4, 0.5) is 0 Å². The molecule has 0 amide bonds. The lowest BCUT2D eigenvalue weighted by Gasteiger charge is -2.16. The van der Waals surface area contributed by atoms with Crippen molar-refractivity contribution in [2.45, 2.75) is 18.9 Å². The third-order valence-corrected chi connectivity index (χ3v) is 3.09. The molecule has 1 aromatic rings. The number of ether oxygens (including phenoxy) is 1. The summed E-state index contributed by atoms with van der Waals surface area (Å²) in [5.74, 6) is 0.542. The molecule has 0 saturated carbocycles. The van der Waals surface area contributed by atoms with Gasteiger partial charge in [0.1, 0.15) is 0 Å². The van der Waals surface area contributed by atoms with Crippen molar-refractivity contribution in [3.63, 3.8) is 0 Å². The molecule has 16 heavy (non-hydrogen) atoms. The number of phenols is 1. The summed E-state index contributed by atoms with van der Waals surface area (Å²) >= 11 is 3.38. The van der Waals surface area contributed by atoms with Crippen molar-refractivity contribution in [3.8, 4) is 11.5 Å². The maximum atomic E-state index is 9.98. The normalized spacial score (nSPS) is 12.2. The minimum absolute atomic E-state index is 0.105. The predicted octanol–water partition coefficient (Wildman–Crippen LogP) is 3.13. The second-order valence-corrected chi connectivity index (χ2v) is 4.34. The molecule has 3 N–H and O–H groups in total. The van der Waals surface area contributed by atoms with Crippen molar-refractivity contribution < 1.29 is 9.84 Å². The second kappa shape index (κ2) is 5.92. The fourth-order valence-electron chi connectivity index (χ4n) is 1.52. The lowest BCUT2D eigenvalue weighted by Crippen LogP contribution is -2.11. The maximum Gasteiger partial charge on any atom is 0.163 e. The van der Waals surface area contributed by atoms with E-state index in [1.807, 2.05) is 12.1 Å². The summed E-state index contributed by atoms with van der Waals surface area (Å²) in [4.78, 5) is 0. The number of methoxy groups -OCH3 is 1. The Labute approximate surface area is 104 Å². The lowest BCUT2D eigenvalue weighted by atomic mass is 10.0. The lowest BCUT2D eigenvalue weighted by molar-refractivity contribution is 0.367. The summed E-state index contributed by atoms with van der Waals surface area (Å²) < 4.78 is 5.84. The Kier molecular flexibility index (Phi) is 4.83. The summed E-state index contributed by atoms with van der Waals surface area (Å²) in [5, 5.41) is 9.98. The summed E-state index contributed by atoms with van der Waals surface area (Å²) in [7, 11) is 1.52. The fourth-order valence-corrected chi connectivity index (χ4v) is 2.14. The van der Waals surface area contributed by atoms with Crippen molar-refractivity contribution in [1.29, 1.82) is 0 Å². The Hall–Kier alpha value is -1.00. The molecule has 0 aromatic heterocycles. The van der Waals surface area contributed by atoms with E-state index in [1.54, 1.807) is 6.07 Å². The number of rotatable bonds is 5. The zero-order valence-corrected chi connectivity index (χ0v) is 10.8. The standard InChI is InChI=1S/C12H16BrNO2/c1-3-4-5-9(14)11-8(13)6-7-10(16-2)12(11)15/h3,6-7,9,15H,1,4-5,14H2,2H3/t9-/m0/s1. The highest BCUT2D eigenvalue weighted by molar-refractivity contribution is 9.10. The van der Waals surface area contributed by atoms with Crippen LogP contribution < -0.4 is 10.5 Å². The Morgan fingerprint density at radius 2 is 2.31 bits per heavy atom. The molecule has 0 radical (unpaired) electrons. The molecule has 4 heteroatoms. The molecule has 88 valence electrons. The van der Waals surface area contributed by atoms with Gasteiger partial charge in [-0.2, -0.15) is 0 Å². The molecule has 0 spiro atoms. The highest BCUT2D eigenvalue weighted by Crippen LogP contribution is 2.39. The van der Waals surface area contributed by atoms with Crippen LogP contribution in [0.2, 0.25) is 0 Å². The van der Waals surface area contributed by atoms with E-state index in [9.17, 15) is 5.11 Å². The molecule has 0 fully saturated rings. The topological polar surface area (TPSA) is 55.5 Å². The molecule has 1 aromatic carbocycles. The SMILES string of the molecule is C=CCC[C@H](N)c1c(Br)ccc(OC)c1O. The predicted molar refractivity (Wildman–Crippen MR) is 68.7 cm³/mol. The molecule has 0 saturated heterocycles. The number of hydrogen-bond donors (Lipinski definition) is 2. The van der Waals surface area contributed by atoms with Crippen LogP contribution in [0.3, 0.4) is 0 Å². The van der Waals surface area contributed by atoms with Crippen LogP contribution in [0.25, 0.3) is 0 Å². The molecule has 0 aliphatic rings. The Morgan fingerprint density at radius 3 is 2.88 bits per heavy atom.